The average Bonchev–Trinajstić information content (AvgIpc) is 2.66. The van der Waals surface area contributed by atoms with Crippen LogP contribution >= 0.6 is 11.3 Å². The summed E-state index contributed by atoms with van der Waals surface area (Å²) >= 11 is 1.54. The SMILES string of the molecule is CC(=O)N(C)CCC(O)c1cccs1. The molecule has 1 unspecified atom stereocenters. The third-order valence-electron chi connectivity index (χ3n) is 2.15. The van der Waals surface area contributed by atoms with Crippen LogP contribution in [0.3, 0.4) is 0 Å². The van der Waals surface area contributed by atoms with Crippen LogP contribution in [0.1, 0.15) is 24.3 Å². The Hall–Kier alpha value is -0.870. The summed E-state index contributed by atoms with van der Waals surface area (Å²) in [4.78, 5) is 13.5. The topological polar surface area (TPSA) is 40.5 Å². The highest BCUT2D eigenvalue weighted by Crippen LogP contribution is 2.21. The summed E-state index contributed by atoms with van der Waals surface area (Å²) in [5, 5.41) is 11.7. The number of carbonyl (C=O) groups excluding carboxylic acids is 1. The van der Waals surface area contributed by atoms with E-state index in [9.17, 15) is 9.90 Å². The van der Waals surface area contributed by atoms with Gasteiger partial charge in [-0.1, -0.05) is 6.07 Å². The van der Waals surface area contributed by atoms with E-state index >= 15 is 0 Å². The molecule has 0 spiro atoms. The molecular formula is C10H15NO2S. The summed E-state index contributed by atoms with van der Waals surface area (Å²) in [5.74, 6) is 0.0309. The van der Waals surface area contributed by atoms with Crippen molar-refractivity contribution in [2.24, 2.45) is 0 Å². The first-order chi connectivity index (χ1) is 6.61. The van der Waals surface area contributed by atoms with Gasteiger partial charge in [0.15, 0.2) is 0 Å². The van der Waals surface area contributed by atoms with Gasteiger partial charge in [-0.15, -0.1) is 11.3 Å². The van der Waals surface area contributed by atoms with E-state index in [-0.39, 0.29) is 5.91 Å². The van der Waals surface area contributed by atoms with Crippen LogP contribution in [0.2, 0.25) is 0 Å². The molecule has 1 aromatic heterocycles. The van der Waals surface area contributed by atoms with Crippen LogP contribution in [0, 0.1) is 0 Å². The van der Waals surface area contributed by atoms with Gasteiger partial charge in [0, 0.05) is 25.4 Å². The second kappa shape index (κ2) is 5.12. The lowest BCUT2D eigenvalue weighted by Crippen LogP contribution is -2.25. The van der Waals surface area contributed by atoms with Crippen molar-refractivity contribution >= 4 is 17.2 Å². The van der Waals surface area contributed by atoms with Crippen LogP contribution in [0.4, 0.5) is 0 Å². The first kappa shape index (κ1) is 11.2. The Labute approximate surface area is 88.0 Å². The molecule has 1 amide bonds. The summed E-state index contributed by atoms with van der Waals surface area (Å²) in [7, 11) is 1.74. The molecule has 0 aliphatic rings. The van der Waals surface area contributed by atoms with Gasteiger partial charge in [-0.3, -0.25) is 4.79 Å². The van der Waals surface area contributed by atoms with Crippen molar-refractivity contribution in [1.29, 1.82) is 0 Å². The lowest BCUT2D eigenvalue weighted by Gasteiger charge is -2.16. The van der Waals surface area contributed by atoms with E-state index < -0.39 is 6.10 Å². The van der Waals surface area contributed by atoms with E-state index in [1.165, 1.54) is 18.3 Å². The van der Waals surface area contributed by atoms with E-state index in [1.54, 1.807) is 11.9 Å². The highest BCUT2D eigenvalue weighted by atomic mass is 32.1. The van der Waals surface area contributed by atoms with Gasteiger partial charge in [-0.05, 0) is 17.9 Å². The standard InChI is InChI=1S/C10H15NO2S/c1-8(12)11(2)6-5-9(13)10-4-3-7-14-10/h3-4,7,9,13H,5-6H2,1-2H3. The van der Waals surface area contributed by atoms with Gasteiger partial charge in [0.25, 0.3) is 0 Å². The third kappa shape index (κ3) is 3.12. The molecule has 0 bridgehead atoms. The minimum atomic E-state index is -0.447. The third-order valence-corrected chi connectivity index (χ3v) is 3.12. The zero-order chi connectivity index (χ0) is 10.6. The maximum Gasteiger partial charge on any atom is 0.219 e. The molecule has 0 aliphatic carbocycles. The van der Waals surface area contributed by atoms with Crippen molar-refractivity contribution < 1.29 is 9.90 Å². The Morgan fingerprint density at radius 3 is 2.93 bits per heavy atom. The number of aliphatic hydroxyl groups excluding tert-OH is 1. The van der Waals surface area contributed by atoms with Crippen LogP contribution < -0.4 is 0 Å². The summed E-state index contributed by atoms with van der Waals surface area (Å²) in [6, 6.07) is 3.82. The summed E-state index contributed by atoms with van der Waals surface area (Å²) < 4.78 is 0. The van der Waals surface area contributed by atoms with Crippen molar-refractivity contribution in [2.45, 2.75) is 19.4 Å². The van der Waals surface area contributed by atoms with Crippen LogP contribution in [0.15, 0.2) is 17.5 Å². The average molecular weight is 213 g/mol. The molecule has 0 saturated heterocycles. The summed E-state index contributed by atoms with van der Waals surface area (Å²) in [6.45, 7) is 2.12. The Morgan fingerprint density at radius 2 is 2.43 bits per heavy atom. The number of amides is 1. The fourth-order valence-electron chi connectivity index (χ4n) is 1.10. The van der Waals surface area contributed by atoms with Gasteiger partial charge >= 0.3 is 0 Å². The second-order valence-corrected chi connectivity index (χ2v) is 4.24. The van der Waals surface area contributed by atoms with E-state index in [1.807, 2.05) is 17.5 Å². The molecular weight excluding hydrogens is 198 g/mol. The molecule has 1 aromatic rings. The molecule has 1 rings (SSSR count). The van der Waals surface area contributed by atoms with Gasteiger partial charge in [-0.2, -0.15) is 0 Å². The second-order valence-electron chi connectivity index (χ2n) is 3.26. The van der Waals surface area contributed by atoms with E-state index in [0.717, 1.165) is 4.88 Å². The Kier molecular flexibility index (Phi) is 4.10. The first-order valence-corrected chi connectivity index (χ1v) is 5.42. The van der Waals surface area contributed by atoms with E-state index in [2.05, 4.69) is 0 Å². The van der Waals surface area contributed by atoms with E-state index in [4.69, 9.17) is 0 Å². The number of hydrogen-bond acceptors (Lipinski definition) is 3. The van der Waals surface area contributed by atoms with E-state index in [0.29, 0.717) is 13.0 Å². The predicted molar refractivity (Wildman–Crippen MR) is 57.2 cm³/mol. The number of carbonyl (C=O) groups is 1. The minimum Gasteiger partial charge on any atom is -0.388 e. The monoisotopic (exact) mass is 213 g/mol. The Bertz CT molecular complexity index is 284. The van der Waals surface area contributed by atoms with Crippen LogP contribution in [0.5, 0.6) is 0 Å². The number of nitrogens with zero attached hydrogens (tertiary/aromatic N) is 1. The Morgan fingerprint density at radius 1 is 1.71 bits per heavy atom. The van der Waals surface area contributed by atoms with Crippen molar-refractivity contribution in [3.8, 4) is 0 Å². The minimum absolute atomic E-state index is 0.0309. The van der Waals surface area contributed by atoms with Crippen molar-refractivity contribution in [3.63, 3.8) is 0 Å². The van der Waals surface area contributed by atoms with Gasteiger partial charge in [0.1, 0.15) is 0 Å². The lowest BCUT2D eigenvalue weighted by atomic mass is 10.2. The number of rotatable bonds is 4. The molecule has 78 valence electrons. The molecule has 0 fully saturated rings. The van der Waals surface area contributed by atoms with Crippen LogP contribution in [-0.2, 0) is 4.79 Å². The molecule has 14 heavy (non-hydrogen) atoms. The molecule has 4 heteroatoms. The maximum atomic E-state index is 10.9. The van der Waals surface area contributed by atoms with Crippen LogP contribution in [0.25, 0.3) is 0 Å². The highest BCUT2D eigenvalue weighted by Gasteiger charge is 2.10. The van der Waals surface area contributed by atoms with Gasteiger partial charge in [-0.25, -0.2) is 0 Å². The summed E-state index contributed by atoms with van der Waals surface area (Å²) in [6.07, 6.45) is 0.146. The lowest BCUT2D eigenvalue weighted by molar-refractivity contribution is -0.127. The van der Waals surface area contributed by atoms with Crippen molar-refractivity contribution in [3.05, 3.63) is 22.4 Å². The fraction of sp³-hybridized carbons (Fsp3) is 0.500. The normalized spacial score (nSPS) is 12.5. The zero-order valence-corrected chi connectivity index (χ0v) is 9.25. The molecule has 1 heterocycles. The molecule has 1 N–H and O–H groups in total. The quantitative estimate of drug-likeness (QED) is 0.826. The van der Waals surface area contributed by atoms with Crippen molar-refractivity contribution in [2.75, 3.05) is 13.6 Å². The van der Waals surface area contributed by atoms with Crippen LogP contribution in [-0.4, -0.2) is 29.5 Å². The number of aliphatic hydroxyl groups is 1. The largest absolute Gasteiger partial charge is 0.388 e. The van der Waals surface area contributed by atoms with Gasteiger partial charge in [0.05, 0.1) is 6.10 Å². The Balaban J connectivity index is 2.35. The predicted octanol–water partition coefficient (Wildman–Crippen LogP) is 1.65. The molecule has 0 saturated carbocycles. The molecule has 3 nitrogen and oxygen atoms in total. The number of hydrogen-bond donors (Lipinski definition) is 1. The smallest absolute Gasteiger partial charge is 0.219 e. The van der Waals surface area contributed by atoms with Crippen molar-refractivity contribution in [1.82, 2.24) is 4.90 Å². The highest BCUT2D eigenvalue weighted by molar-refractivity contribution is 7.10. The zero-order valence-electron chi connectivity index (χ0n) is 8.43. The summed E-state index contributed by atoms with van der Waals surface area (Å²) in [5.41, 5.74) is 0. The molecule has 0 aromatic carbocycles. The number of thiophene rings is 1. The van der Waals surface area contributed by atoms with Gasteiger partial charge < -0.3 is 10.0 Å². The molecule has 1 atom stereocenters. The van der Waals surface area contributed by atoms with Gasteiger partial charge in [0.2, 0.25) is 5.91 Å². The maximum absolute atomic E-state index is 10.9. The first-order valence-electron chi connectivity index (χ1n) is 4.54. The molecule has 0 aliphatic heterocycles. The fourth-order valence-corrected chi connectivity index (χ4v) is 1.84. The molecule has 0 radical (unpaired) electrons.